The minimum absolute atomic E-state index is 0.179. The Hall–Kier alpha value is -5.61. The number of nitrogens with zero attached hydrogens (tertiary/aromatic N) is 1. The van der Waals surface area contributed by atoms with E-state index in [0.717, 1.165) is 141 Å². The lowest BCUT2D eigenvalue weighted by molar-refractivity contribution is -0.870. The first-order valence-electron chi connectivity index (χ1n) is 38.9. The Kier molecular flexibility index (Phi) is 71.7. The molecule has 97 heavy (non-hydrogen) atoms. The van der Waals surface area contributed by atoms with Gasteiger partial charge in [0.1, 0.15) is 13.2 Å². The van der Waals surface area contributed by atoms with Crippen molar-refractivity contribution in [1.29, 1.82) is 0 Å². The molecule has 0 aromatic rings. The van der Waals surface area contributed by atoms with Crippen molar-refractivity contribution in [3.63, 3.8) is 0 Å². The van der Waals surface area contributed by atoms with Gasteiger partial charge in [-0.3, -0.25) is 9.59 Å². The van der Waals surface area contributed by atoms with E-state index in [0.29, 0.717) is 23.9 Å². The molecule has 0 aliphatic rings. The SMILES string of the molecule is CC/C=C\C/C=C\C/C=C\C/C=C\C/C=C\C/C=C\C/C=C\C/C=C\C/C=C\CCCCCCCCCCCCCC(=O)OC(COC(=O)CCCCCCCCCCCCCCCC/C=C\C/C=C\C/C=C\C/C=C\C/C=C\C/C=C\CC)COC(OCC[N+](C)(C)C)C(=O)O. The summed E-state index contributed by atoms with van der Waals surface area (Å²) in [5.41, 5.74) is 0. The van der Waals surface area contributed by atoms with Gasteiger partial charge in [-0.25, -0.2) is 4.79 Å². The van der Waals surface area contributed by atoms with Crippen molar-refractivity contribution < 1.29 is 42.9 Å². The van der Waals surface area contributed by atoms with Crippen LogP contribution in [0.15, 0.2) is 182 Å². The normalized spacial score (nSPS) is 13.7. The highest BCUT2D eigenvalue weighted by Gasteiger charge is 2.25. The van der Waals surface area contributed by atoms with Gasteiger partial charge >= 0.3 is 17.9 Å². The summed E-state index contributed by atoms with van der Waals surface area (Å²) in [7, 11) is 5.97. The fourth-order valence-electron chi connectivity index (χ4n) is 10.3. The van der Waals surface area contributed by atoms with Crippen LogP contribution in [-0.2, 0) is 33.3 Å². The second kappa shape index (κ2) is 76.1. The van der Waals surface area contributed by atoms with Gasteiger partial charge in [0, 0.05) is 12.8 Å². The van der Waals surface area contributed by atoms with Gasteiger partial charge in [0.25, 0.3) is 6.29 Å². The highest BCUT2D eigenvalue weighted by molar-refractivity contribution is 5.71. The molecular weight excluding hydrogens is 1200 g/mol. The summed E-state index contributed by atoms with van der Waals surface area (Å²) in [6.45, 7) is 4.65. The number of quaternary nitrogens is 1. The number of esters is 2. The smallest absolute Gasteiger partial charge is 0.361 e. The number of carboxylic acids is 1. The van der Waals surface area contributed by atoms with Crippen molar-refractivity contribution in [2.24, 2.45) is 0 Å². The van der Waals surface area contributed by atoms with E-state index in [1.165, 1.54) is 122 Å². The van der Waals surface area contributed by atoms with Gasteiger partial charge in [0.2, 0.25) is 0 Å². The van der Waals surface area contributed by atoms with Crippen molar-refractivity contribution in [2.75, 3.05) is 47.5 Å². The molecule has 0 spiro atoms. The van der Waals surface area contributed by atoms with E-state index >= 15 is 0 Å². The summed E-state index contributed by atoms with van der Waals surface area (Å²) >= 11 is 0. The third-order valence-electron chi connectivity index (χ3n) is 16.2. The average molecular weight is 1340 g/mol. The number of aliphatic carboxylic acids is 1. The second-order valence-corrected chi connectivity index (χ2v) is 26.6. The summed E-state index contributed by atoms with van der Waals surface area (Å²) in [6.07, 6.45) is 113. The molecule has 0 bridgehead atoms. The number of carboxylic acid groups (broad SMARTS) is 1. The number of hydrogen-bond donors (Lipinski definition) is 1. The molecule has 9 heteroatoms. The molecule has 0 aromatic carbocycles. The molecule has 548 valence electrons. The predicted octanol–water partition coefficient (Wildman–Crippen LogP) is 25.1. The summed E-state index contributed by atoms with van der Waals surface area (Å²) in [5.74, 6) is -2.02. The van der Waals surface area contributed by atoms with Crippen molar-refractivity contribution in [2.45, 2.75) is 309 Å². The van der Waals surface area contributed by atoms with Crippen LogP contribution in [0.1, 0.15) is 296 Å². The zero-order chi connectivity index (χ0) is 70.4. The lowest BCUT2D eigenvalue weighted by Crippen LogP contribution is -2.40. The van der Waals surface area contributed by atoms with Crippen LogP contribution in [0.25, 0.3) is 0 Å². The van der Waals surface area contributed by atoms with E-state index < -0.39 is 24.3 Å². The topological polar surface area (TPSA) is 108 Å². The van der Waals surface area contributed by atoms with Crippen molar-refractivity contribution >= 4 is 17.9 Å². The first kappa shape index (κ1) is 91.4. The maximum Gasteiger partial charge on any atom is 0.361 e. The monoisotopic (exact) mass is 1340 g/mol. The Bertz CT molecular complexity index is 2260. The quantitative estimate of drug-likeness (QED) is 0.0211. The number of carbonyl (C=O) groups excluding carboxylic acids is 2. The zero-order valence-corrected chi connectivity index (χ0v) is 62.7. The molecule has 0 aromatic heterocycles. The maximum atomic E-state index is 13.0. The molecule has 2 atom stereocenters. The van der Waals surface area contributed by atoms with Gasteiger partial charge < -0.3 is 28.5 Å². The molecule has 0 rings (SSSR count). The summed E-state index contributed by atoms with van der Waals surface area (Å²) in [6, 6.07) is 0. The highest BCUT2D eigenvalue weighted by atomic mass is 16.7. The van der Waals surface area contributed by atoms with Crippen molar-refractivity contribution in [1.82, 2.24) is 0 Å². The molecule has 0 aliphatic carbocycles. The highest BCUT2D eigenvalue weighted by Crippen LogP contribution is 2.17. The fourth-order valence-corrected chi connectivity index (χ4v) is 10.3. The number of hydrogen-bond acceptors (Lipinski definition) is 7. The molecule has 9 nitrogen and oxygen atoms in total. The molecule has 0 heterocycles. The van der Waals surface area contributed by atoms with Crippen LogP contribution in [0, 0.1) is 0 Å². The molecule has 0 saturated carbocycles. The van der Waals surface area contributed by atoms with Crippen LogP contribution in [-0.4, -0.2) is 87.4 Å². The van der Waals surface area contributed by atoms with Crippen molar-refractivity contribution in [3.05, 3.63) is 182 Å². The number of rotatable bonds is 70. The first-order valence-corrected chi connectivity index (χ1v) is 38.9. The van der Waals surface area contributed by atoms with E-state index in [1.807, 2.05) is 21.1 Å². The Balaban J connectivity index is 4.12. The predicted molar refractivity (Wildman–Crippen MR) is 419 cm³/mol. The summed E-state index contributed by atoms with van der Waals surface area (Å²) in [5, 5.41) is 9.77. The molecule has 0 amide bonds. The van der Waals surface area contributed by atoms with Gasteiger partial charge in [0.15, 0.2) is 6.10 Å². The number of carbonyl (C=O) groups is 3. The number of unbranched alkanes of at least 4 members (excludes halogenated alkanes) is 25. The maximum absolute atomic E-state index is 13.0. The Morgan fingerprint density at radius 3 is 0.825 bits per heavy atom. The largest absolute Gasteiger partial charge is 0.477 e. The molecule has 0 aliphatic heterocycles. The third-order valence-corrected chi connectivity index (χ3v) is 16.2. The zero-order valence-electron chi connectivity index (χ0n) is 62.7. The van der Waals surface area contributed by atoms with Crippen LogP contribution in [0.3, 0.4) is 0 Å². The second-order valence-electron chi connectivity index (χ2n) is 26.6. The molecule has 0 fully saturated rings. The van der Waals surface area contributed by atoms with Gasteiger partial charge in [0.05, 0.1) is 34.4 Å². The van der Waals surface area contributed by atoms with E-state index in [9.17, 15) is 19.5 Å². The summed E-state index contributed by atoms with van der Waals surface area (Å²) in [4.78, 5) is 37.7. The van der Waals surface area contributed by atoms with Crippen molar-refractivity contribution in [3.8, 4) is 0 Å². The molecular formula is C88H144NO8+. The van der Waals surface area contributed by atoms with Crippen LogP contribution in [0.5, 0.6) is 0 Å². The molecule has 2 unspecified atom stereocenters. The standard InChI is InChI=1S/C88H143NO8/c1-6-8-10-12-14-16-18-20-22-24-26-28-30-32-34-36-38-40-41-42-43-44-45-47-49-51-53-55-57-59-61-63-65-67-69-71-73-75-77-79-86(91)97-84(83-96-88(87(92)93)94-81-80-89(3,4)5)82-95-85(90)78-76-74-72-70-68-66-64-62-60-58-56-54-52-50-48-46-39-37-35-33-31-29-27-25-23-21-19-17-15-13-11-9-7-2/h8-11,14-17,20-23,26-29,32-35,38-40,42-43,45-47,51,53,84,88H,6-7,12-13,18-19,24-25,30-31,36-37,41,44,48-50,52,54-83H2,1-5H3/p+1/b10-8-,11-9-,16-14-,17-15-,22-20-,23-21-,28-26-,29-27-,34-32-,35-33-,40-38-,43-42-,46-39-,47-45-,53-51-. The van der Waals surface area contributed by atoms with E-state index in [1.54, 1.807) is 0 Å². The first-order chi connectivity index (χ1) is 47.6. The average Bonchev–Trinajstić information content (AvgIpc) is 2.39. The Morgan fingerprint density at radius 2 is 0.557 bits per heavy atom. The summed E-state index contributed by atoms with van der Waals surface area (Å²) < 4.78 is 23.0. The number of likely N-dealkylation sites (N-methyl/N-ethyl adjacent to an activating group) is 1. The van der Waals surface area contributed by atoms with Gasteiger partial charge in [-0.15, -0.1) is 0 Å². The van der Waals surface area contributed by atoms with Gasteiger partial charge in [-0.2, -0.15) is 0 Å². The lowest BCUT2D eigenvalue weighted by Gasteiger charge is -2.25. The third kappa shape index (κ3) is 77.6. The lowest BCUT2D eigenvalue weighted by atomic mass is 10.0. The number of ether oxygens (including phenoxy) is 4. The Labute approximate surface area is 596 Å². The minimum atomic E-state index is -1.52. The van der Waals surface area contributed by atoms with Crippen LogP contribution in [0.4, 0.5) is 0 Å². The van der Waals surface area contributed by atoms with Crippen LogP contribution < -0.4 is 0 Å². The van der Waals surface area contributed by atoms with Gasteiger partial charge in [-0.1, -0.05) is 331 Å². The minimum Gasteiger partial charge on any atom is -0.477 e. The molecule has 1 N–H and O–H groups in total. The van der Waals surface area contributed by atoms with E-state index in [4.69, 9.17) is 18.9 Å². The number of allylic oxidation sites excluding steroid dienone is 30. The molecule has 0 radical (unpaired) electrons. The van der Waals surface area contributed by atoms with Crippen LogP contribution >= 0.6 is 0 Å². The fraction of sp³-hybridized carbons (Fsp3) is 0.625. The van der Waals surface area contributed by atoms with Crippen LogP contribution in [0.2, 0.25) is 0 Å². The van der Waals surface area contributed by atoms with Gasteiger partial charge in [-0.05, 0) is 135 Å². The molecule has 0 saturated heterocycles. The Morgan fingerprint density at radius 1 is 0.309 bits per heavy atom. The van der Waals surface area contributed by atoms with E-state index in [-0.39, 0.29) is 32.2 Å². The van der Waals surface area contributed by atoms with E-state index in [2.05, 4.69) is 196 Å².